The number of nitrogens with one attached hydrogen (secondary N) is 1. The Balaban J connectivity index is 1.79. The molecule has 1 saturated heterocycles. The molecule has 26 heavy (non-hydrogen) atoms. The second-order valence-corrected chi connectivity index (χ2v) is 7.90. The van der Waals surface area contributed by atoms with Gasteiger partial charge in [0.25, 0.3) is 0 Å². The van der Waals surface area contributed by atoms with E-state index in [4.69, 9.17) is 14.2 Å². The average molecular weight is 418 g/mol. The van der Waals surface area contributed by atoms with Crippen LogP contribution in [-0.2, 0) is 4.74 Å². The molecule has 0 aromatic heterocycles. The number of aryl methyl sites for hydroxylation is 1. The van der Waals surface area contributed by atoms with E-state index >= 15 is 0 Å². The Morgan fingerprint density at radius 2 is 2.00 bits per heavy atom. The maximum absolute atomic E-state index is 6.24. The van der Waals surface area contributed by atoms with Crippen LogP contribution in [0.25, 0.3) is 0 Å². The predicted molar refractivity (Wildman–Crippen MR) is 106 cm³/mol. The Morgan fingerprint density at radius 3 is 2.77 bits per heavy atom. The summed E-state index contributed by atoms with van der Waals surface area (Å²) in [5.41, 5.74) is 4.90. The van der Waals surface area contributed by atoms with Crippen molar-refractivity contribution in [2.75, 3.05) is 26.1 Å². The summed E-state index contributed by atoms with van der Waals surface area (Å²) in [7, 11) is 3.33. The third-order valence-corrected chi connectivity index (χ3v) is 6.02. The molecule has 4 nitrogen and oxygen atoms in total. The lowest BCUT2D eigenvalue weighted by atomic mass is 9.77. The first kappa shape index (κ1) is 17.7. The number of benzene rings is 2. The molecule has 2 heterocycles. The minimum atomic E-state index is 0.136. The van der Waals surface area contributed by atoms with Gasteiger partial charge in [0.15, 0.2) is 11.5 Å². The molecule has 0 saturated carbocycles. The van der Waals surface area contributed by atoms with Crippen molar-refractivity contribution in [3.8, 4) is 11.5 Å². The number of ether oxygens (including phenoxy) is 3. The third kappa shape index (κ3) is 2.97. The first-order valence-corrected chi connectivity index (χ1v) is 9.81. The zero-order valence-corrected chi connectivity index (χ0v) is 16.9. The van der Waals surface area contributed by atoms with E-state index in [1.165, 1.54) is 16.7 Å². The topological polar surface area (TPSA) is 39.7 Å². The molecule has 0 unspecified atom stereocenters. The van der Waals surface area contributed by atoms with Crippen LogP contribution in [0.5, 0.6) is 11.5 Å². The predicted octanol–water partition coefficient (Wildman–Crippen LogP) is 5.41. The highest BCUT2D eigenvalue weighted by Gasteiger charge is 2.40. The molecule has 5 heteroatoms. The largest absolute Gasteiger partial charge is 0.493 e. The zero-order valence-electron chi connectivity index (χ0n) is 15.3. The van der Waals surface area contributed by atoms with Gasteiger partial charge < -0.3 is 19.5 Å². The van der Waals surface area contributed by atoms with Gasteiger partial charge in [-0.2, -0.15) is 0 Å². The van der Waals surface area contributed by atoms with E-state index in [1.807, 2.05) is 0 Å². The highest BCUT2D eigenvalue weighted by molar-refractivity contribution is 9.10. The third-order valence-electron chi connectivity index (χ3n) is 5.44. The highest BCUT2D eigenvalue weighted by atomic mass is 79.9. The smallest absolute Gasteiger partial charge is 0.174 e. The van der Waals surface area contributed by atoms with Gasteiger partial charge >= 0.3 is 0 Å². The van der Waals surface area contributed by atoms with Crippen molar-refractivity contribution in [2.24, 2.45) is 5.92 Å². The summed E-state index contributed by atoms with van der Waals surface area (Å²) in [5, 5.41) is 3.76. The van der Waals surface area contributed by atoms with Crippen molar-refractivity contribution in [3.05, 3.63) is 51.5 Å². The van der Waals surface area contributed by atoms with Crippen molar-refractivity contribution in [2.45, 2.75) is 31.9 Å². The maximum Gasteiger partial charge on any atom is 0.174 e. The van der Waals surface area contributed by atoms with Gasteiger partial charge in [-0.3, -0.25) is 0 Å². The van der Waals surface area contributed by atoms with Gasteiger partial charge in [-0.1, -0.05) is 17.7 Å². The Hall–Kier alpha value is -1.72. The summed E-state index contributed by atoms with van der Waals surface area (Å²) >= 11 is 3.63. The number of hydrogen-bond donors (Lipinski definition) is 1. The molecule has 2 aliphatic rings. The lowest BCUT2D eigenvalue weighted by Crippen LogP contribution is -2.36. The molecule has 2 aromatic carbocycles. The Kier molecular flexibility index (Phi) is 4.84. The summed E-state index contributed by atoms with van der Waals surface area (Å²) in [6.07, 6.45) is 2.37. The molecule has 0 aliphatic carbocycles. The van der Waals surface area contributed by atoms with Crippen LogP contribution in [0.4, 0.5) is 5.69 Å². The number of fused-ring (bicyclic) bond motifs is 3. The summed E-state index contributed by atoms with van der Waals surface area (Å²) in [4.78, 5) is 0. The van der Waals surface area contributed by atoms with Crippen LogP contribution in [0.3, 0.4) is 0 Å². The second kappa shape index (κ2) is 7.12. The van der Waals surface area contributed by atoms with Gasteiger partial charge in [-0.15, -0.1) is 0 Å². The van der Waals surface area contributed by atoms with Gasteiger partial charge in [0.1, 0.15) is 0 Å². The summed E-state index contributed by atoms with van der Waals surface area (Å²) in [5.74, 6) is 1.85. The van der Waals surface area contributed by atoms with Gasteiger partial charge in [-0.25, -0.2) is 0 Å². The zero-order chi connectivity index (χ0) is 18.3. The first-order chi connectivity index (χ1) is 12.6. The van der Waals surface area contributed by atoms with E-state index in [1.54, 1.807) is 14.2 Å². The monoisotopic (exact) mass is 417 g/mol. The van der Waals surface area contributed by atoms with Crippen LogP contribution in [0.15, 0.2) is 34.8 Å². The highest BCUT2D eigenvalue weighted by Crippen LogP contribution is 2.50. The quantitative estimate of drug-likeness (QED) is 0.724. The fraction of sp³-hybridized carbons (Fsp3) is 0.429. The summed E-state index contributed by atoms with van der Waals surface area (Å²) in [6.45, 7) is 2.96. The fourth-order valence-corrected chi connectivity index (χ4v) is 4.86. The Morgan fingerprint density at radius 1 is 1.15 bits per heavy atom. The summed E-state index contributed by atoms with van der Waals surface area (Å²) < 4.78 is 18.2. The Labute approximate surface area is 163 Å². The molecular formula is C21H24BrNO3. The van der Waals surface area contributed by atoms with Crippen molar-refractivity contribution in [1.29, 1.82) is 0 Å². The van der Waals surface area contributed by atoms with E-state index in [-0.39, 0.29) is 12.1 Å². The lowest BCUT2D eigenvalue weighted by Gasteiger charge is -2.43. The normalized spacial score (nSPS) is 24.2. The van der Waals surface area contributed by atoms with Crippen molar-refractivity contribution in [3.63, 3.8) is 0 Å². The van der Waals surface area contributed by atoms with Crippen LogP contribution in [-0.4, -0.2) is 20.8 Å². The maximum atomic E-state index is 6.24. The summed E-state index contributed by atoms with van der Waals surface area (Å²) in [6, 6.07) is 11.0. The molecule has 0 spiro atoms. The number of halogens is 1. The number of hydrogen-bond acceptors (Lipinski definition) is 4. The molecule has 0 radical (unpaired) electrons. The van der Waals surface area contributed by atoms with E-state index in [9.17, 15) is 0 Å². The average Bonchev–Trinajstić information content (AvgIpc) is 2.66. The molecule has 2 aliphatic heterocycles. The molecule has 2 aromatic rings. The minimum absolute atomic E-state index is 0.136. The molecule has 0 amide bonds. The van der Waals surface area contributed by atoms with Crippen molar-refractivity contribution >= 4 is 21.6 Å². The first-order valence-electron chi connectivity index (χ1n) is 9.02. The molecule has 0 bridgehead atoms. The van der Waals surface area contributed by atoms with Gasteiger partial charge in [0.05, 0.1) is 30.8 Å². The number of methoxy groups -OCH3 is 2. The molecule has 4 rings (SSSR count). The number of rotatable bonds is 3. The molecule has 1 fully saturated rings. The number of anilines is 1. The molecule has 1 N–H and O–H groups in total. The SMILES string of the molecule is COc1cc([C@H]2Nc3ccc(C)cc3[C@H]3OCCC[C@@H]23)cc(Br)c1OC. The fourth-order valence-electron chi connectivity index (χ4n) is 4.24. The van der Waals surface area contributed by atoms with Crippen LogP contribution in [0.2, 0.25) is 0 Å². The molecular weight excluding hydrogens is 394 g/mol. The minimum Gasteiger partial charge on any atom is -0.493 e. The molecule has 3 atom stereocenters. The van der Waals surface area contributed by atoms with E-state index in [0.717, 1.165) is 41.1 Å². The molecule has 138 valence electrons. The van der Waals surface area contributed by atoms with E-state index in [2.05, 4.69) is 58.5 Å². The van der Waals surface area contributed by atoms with Crippen molar-refractivity contribution in [1.82, 2.24) is 0 Å². The van der Waals surface area contributed by atoms with Crippen LogP contribution < -0.4 is 14.8 Å². The lowest BCUT2D eigenvalue weighted by molar-refractivity contribution is -0.0381. The van der Waals surface area contributed by atoms with Crippen LogP contribution in [0.1, 0.15) is 41.7 Å². The van der Waals surface area contributed by atoms with Gasteiger partial charge in [0.2, 0.25) is 0 Å². The van der Waals surface area contributed by atoms with Crippen LogP contribution in [0, 0.1) is 12.8 Å². The van der Waals surface area contributed by atoms with Gasteiger partial charge in [-0.05, 0) is 59.5 Å². The van der Waals surface area contributed by atoms with Crippen molar-refractivity contribution < 1.29 is 14.2 Å². The van der Waals surface area contributed by atoms with Crippen LogP contribution >= 0.6 is 15.9 Å². The Bertz CT molecular complexity index is 823. The second-order valence-electron chi connectivity index (χ2n) is 7.05. The van der Waals surface area contributed by atoms with E-state index < -0.39 is 0 Å². The van der Waals surface area contributed by atoms with E-state index in [0.29, 0.717) is 5.92 Å². The standard InChI is InChI=1S/C21H24BrNO3/c1-12-6-7-17-15(9-12)20-14(5-4-8-26-20)19(23-17)13-10-16(22)21(25-3)18(11-13)24-2/h6-7,9-11,14,19-20,23H,4-5,8H2,1-3H3/t14-,19+,20-/m0/s1. The van der Waals surface area contributed by atoms with Gasteiger partial charge in [0, 0.05) is 23.8 Å².